The van der Waals surface area contributed by atoms with Crippen molar-refractivity contribution < 1.29 is 9.90 Å². The number of allylic oxidation sites excluding steroid dienone is 1. The molecule has 1 radical (unpaired) electrons. The predicted octanol–water partition coefficient (Wildman–Crippen LogP) is 0.200. The summed E-state index contributed by atoms with van der Waals surface area (Å²) in [7, 11) is 0. The van der Waals surface area contributed by atoms with Crippen LogP contribution in [0.3, 0.4) is 0 Å². The Hall–Kier alpha value is -1.12. The molecule has 0 aromatic heterocycles. The van der Waals surface area contributed by atoms with E-state index in [2.05, 4.69) is 4.99 Å². The first kappa shape index (κ1) is 6.01. The highest BCUT2D eigenvalue weighted by molar-refractivity contribution is 5.78. The minimum atomic E-state index is -1.05. The van der Waals surface area contributed by atoms with Gasteiger partial charge in [-0.1, -0.05) is 6.08 Å². The molecule has 0 saturated carbocycles. The van der Waals surface area contributed by atoms with Gasteiger partial charge in [0.1, 0.15) is 0 Å². The molecule has 0 N–H and O–H groups in total. The van der Waals surface area contributed by atoms with Crippen LogP contribution in [-0.4, -0.2) is 18.7 Å². The zero-order valence-corrected chi connectivity index (χ0v) is 4.78. The van der Waals surface area contributed by atoms with Crippen LogP contribution in [-0.2, 0) is 9.90 Å². The van der Waals surface area contributed by atoms with Gasteiger partial charge in [0.25, 0.3) is 0 Å². The Morgan fingerprint density at radius 1 is 1.67 bits per heavy atom. The first-order valence-corrected chi connectivity index (χ1v) is 2.68. The van der Waals surface area contributed by atoms with Gasteiger partial charge in [-0.25, -0.2) is 9.90 Å². The lowest BCUT2D eigenvalue weighted by atomic mass is 10.1. The molecular formula is C6H6NO2. The molecule has 0 saturated heterocycles. The van der Waals surface area contributed by atoms with E-state index in [9.17, 15) is 9.90 Å². The summed E-state index contributed by atoms with van der Waals surface area (Å²) in [5.41, 5.74) is 0. The van der Waals surface area contributed by atoms with E-state index in [1.165, 1.54) is 0 Å². The van der Waals surface area contributed by atoms with Gasteiger partial charge in [-0.15, -0.1) is 0 Å². The zero-order chi connectivity index (χ0) is 6.69. The minimum Gasteiger partial charge on any atom is -0.292 e. The van der Waals surface area contributed by atoms with Crippen LogP contribution >= 0.6 is 0 Å². The van der Waals surface area contributed by atoms with Gasteiger partial charge in [0.05, 0.1) is 12.5 Å². The number of hydrogen-bond donors (Lipinski definition) is 0. The first-order chi connectivity index (χ1) is 4.30. The van der Waals surface area contributed by atoms with Crippen LogP contribution in [0.4, 0.5) is 0 Å². The molecule has 3 nitrogen and oxygen atoms in total. The number of hydrogen-bond acceptors (Lipinski definition) is 2. The standard InChI is InChI=1S/C6H6NO2/c8-6(9)5-2-1-3-7-4-5/h1-3,5H,4H2. The van der Waals surface area contributed by atoms with Gasteiger partial charge in [-0.2, -0.15) is 0 Å². The quantitative estimate of drug-likeness (QED) is 0.492. The van der Waals surface area contributed by atoms with Crippen LogP contribution in [0.2, 0.25) is 0 Å². The third kappa shape index (κ3) is 1.38. The zero-order valence-electron chi connectivity index (χ0n) is 4.78. The van der Waals surface area contributed by atoms with E-state index in [4.69, 9.17) is 0 Å². The number of rotatable bonds is 1. The van der Waals surface area contributed by atoms with Crippen molar-refractivity contribution >= 4 is 12.2 Å². The average molecular weight is 124 g/mol. The molecule has 1 unspecified atom stereocenters. The van der Waals surface area contributed by atoms with Crippen LogP contribution in [0, 0.1) is 5.92 Å². The smallest absolute Gasteiger partial charge is 0.292 e. The SMILES string of the molecule is [O]C(=O)C1C=CC=NC1. The number of carbonyl (C=O) groups is 1. The van der Waals surface area contributed by atoms with Gasteiger partial charge in [0, 0.05) is 6.21 Å². The van der Waals surface area contributed by atoms with Gasteiger partial charge >= 0.3 is 5.97 Å². The lowest BCUT2D eigenvalue weighted by Crippen LogP contribution is -2.14. The van der Waals surface area contributed by atoms with Crippen molar-refractivity contribution in [1.82, 2.24) is 0 Å². The van der Waals surface area contributed by atoms with Crippen LogP contribution in [0.5, 0.6) is 0 Å². The molecular weight excluding hydrogens is 118 g/mol. The summed E-state index contributed by atoms with van der Waals surface area (Å²) in [6, 6.07) is 0. The molecule has 0 aromatic rings. The molecule has 47 valence electrons. The number of nitrogens with zero attached hydrogens (tertiary/aromatic N) is 1. The Morgan fingerprint density at radius 3 is 2.78 bits per heavy atom. The summed E-state index contributed by atoms with van der Waals surface area (Å²) in [5.74, 6) is -1.57. The maximum absolute atomic E-state index is 10.1. The molecule has 1 rings (SSSR count). The fraction of sp³-hybridized carbons (Fsp3) is 0.333. The van der Waals surface area contributed by atoms with E-state index < -0.39 is 11.9 Å². The molecule has 0 bridgehead atoms. The predicted molar refractivity (Wildman–Crippen MR) is 31.7 cm³/mol. The van der Waals surface area contributed by atoms with Crippen molar-refractivity contribution in [3.8, 4) is 0 Å². The van der Waals surface area contributed by atoms with E-state index in [1.807, 2.05) is 0 Å². The third-order valence-electron chi connectivity index (χ3n) is 1.14. The maximum atomic E-state index is 10.1. The molecule has 1 aliphatic heterocycles. The van der Waals surface area contributed by atoms with Crippen molar-refractivity contribution in [3.05, 3.63) is 12.2 Å². The average Bonchev–Trinajstić information content (AvgIpc) is 1.90. The topological polar surface area (TPSA) is 49.3 Å². The molecule has 1 atom stereocenters. The Bertz CT molecular complexity index is 172. The molecule has 0 fully saturated rings. The molecule has 0 spiro atoms. The van der Waals surface area contributed by atoms with Gasteiger partial charge in [-0.3, -0.25) is 4.99 Å². The molecule has 0 aliphatic carbocycles. The fourth-order valence-electron chi connectivity index (χ4n) is 0.633. The Labute approximate surface area is 52.7 Å². The summed E-state index contributed by atoms with van der Waals surface area (Å²) in [4.78, 5) is 13.9. The van der Waals surface area contributed by atoms with E-state index in [0.29, 0.717) is 6.54 Å². The van der Waals surface area contributed by atoms with Gasteiger partial charge in [-0.05, 0) is 6.08 Å². The van der Waals surface area contributed by atoms with Crippen molar-refractivity contribution in [2.45, 2.75) is 0 Å². The van der Waals surface area contributed by atoms with Crippen molar-refractivity contribution in [1.29, 1.82) is 0 Å². The van der Waals surface area contributed by atoms with Crippen LogP contribution in [0.1, 0.15) is 0 Å². The van der Waals surface area contributed by atoms with Crippen molar-refractivity contribution in [3.63, 3.8) is 0 Å². The summed E-state index contributed by atoms with van der Waals surface area (Å²) in [6.45, 7) is 0.318. The lowest BCUT2D eigenvalue weighted by Gasteiger charge is -2.02. The van der Waals surface area contributed by atoms with E-state index >= 15 is 0 Å². The highest BCUT2D eigenvalue weighted by Gasteiger charge is 2.15. The summed E-state index contributed by atoms with van der Waals surface area (Å²) in [5, 5.41) is 10.1. The van der Waals surface area contributed by atoms with E-state index in [-0.39, 0.29) is 0 Å². The molecule has 3 heteroatoms. The summed E-state index contributed by atoms with van der Waals surface area (Å²) < 4.78 is 0. The van der Waals surface area contributed by atoms with E-state index in [1.54, 1.807) is 18.4 Å². The normalized spacial score (nSPS) is 24.2. The minimum absolute atomic E-state index is 0.318. The second kappa shape index (κ2) is 2.44. The summed E-state index contributed by atoms with van der Waals surface area (Å²) in [6.07, 6.45) is 4.77. The molecule has 0 aromatic carbocycles. The maximum Gasteiger partial charge on any atom is 0.364 e. The van der Waals surface area contributed by atoms with Gasteiger partial charge in [0.15, 0.2) is 0 Å². The first-order valence-electron chi connectivity index (χ1n) is 2.68. The number of dihydropyridines is 1. The van der Waals surface area contributed by atoms with Crippen LogP contribution in [0.15, 0.2) is 17.1 Å². The van der Waals surface area contributed by atoms with Crippen molar-refractivity contribution in [2.75, 3.05) is 6.54 Å². The Balaban J connectivity index is 2.56. The van der Waals surface area contributed by atoms with Crippen LogP contribution in [0.25, 0.3) is 0 Å². The van der Waals surface area contributed by atoms with E-state index in [0.717, 1.165) is 0 Å². The molecule has 1 aliphatic rings. The van der Waals surface area contributed by atoms with Crippen LogP contribution < -0.4 is 0 Å². The monoisotopic (exact) mass is 124 g/mol. The second-order valence-electron chi connectivity index (χ2n) is 1.82. The Morgan fingerprint density at radius 2 is 2.44 bits per heavy atom. The highest BCUT2D eigenvalue weighted by atomic mass is 16.4. The number of aliphatic imine (C=N–C) groups is 1. The second-order valence-corrected chi connectivity index (χ2v) is 1.82. The molecule has 0 amide bonds. The largest absolute Gasteiger partial charge is 0.364 e. The number of carbonyl (C=O) groups excluding carboxylic acids is 1. The highest BCUT2D eigenvalue weighted by Crippen LogP contribution is 2.02. The molecule has 1 heterocycles. The molecule has 9 heavy (non-hydrogen) atoms. The summed E-state index contributed by atoms with van der Waals surface area (Å²) >= 11 is 0. The van der Waals surface area contributed by atoms with Gasteiger partial charge in [0.2, 0.25) is 0 Å². The van der Waals surface area contributed by atoms with Gasteiger partial charge < -0.3 is 0 Å². The fourth-order valence-corrected chi connectivity index (χ4v) is 0.633. The lowest BCUT2D eigenvalue weighted by molar-refractivity contribution is -0.145. The van der Waals surface area contributed by atoms with Crippen molar-refractivity contribution in [2.24, 2.45) is 10.9 Å². The third-order valence-corrected chi connectivity index (χ3v) is 1.14. The Kier molecular flexibility index (Phi) is 1.63.